The highest BCUT2D eigenvalue weighted by Gasteiger charge is 2.20. The average molecular weight is 444 g/mol. The minimum Gasteiger partial charge on any atom is -0.478 e. The molecule has 4 aromatic heterocycles. The number of nitrogens with one attached hydrogen (secondary N) is 1. The second-order valence-corrected chi connectivity index (χ2v) is 8.81. The summed E-state index contributed by atoms with van der Waals surface area (Å²) >= 11 is 0. The van der Waals surface area contributed by atoms with Crippen molar-refractivity contribution in [1.29, 1.82) is 0 Å². The Morgan fingerprint density at radius 2 is 1.79 bits per heavy atom. The van der Waals surface area contributed by atoms with Gasteiger partial charge in [-0.3, -0.25) is 4.98 Å². The molecule has 4 heterocycles. The summed E-state index contributed by atoms with van der Waals surface area (Å²) in [6, 6.07) is 9.80. The smallest absolute Gasteiger partial charge is 0.215 e. The van der Waals surface area contributed by atoms with Crippen LogP contribution in [0, 0.1) is 12.8 Å². The number of H-pyrrole nitrogens is 1. The highest BCUT2D eigenvalue weighted by molar-refractivity contribution is 5.77. The van der Waals surface area contributed by atoms with Crippen molar-refractivity contribution >= 4 is 11.2 Å². The number of aryl methyl sites for hydroxylation is 1. The average Bonchev–Trinajstić information content (AvgIpc) is 3.24. The highest BCUT2D eigenvalue weighted by atomic mass is 16.5. The van der Waals surface area contributed by atoms with E-state index >= 15 is 0 Å². The van der Waals surface area contributed by atoms with Crippen LogP contribution in [0.5, 0.6) is 11.8 Å². The van der Waals surface area contributed by atoms with E-state index < -0.39 is 0 Å². The maximum Gasteiger partial charge on any atom is 0.215 e. The first-order chi connectivity index (χ1) is 16.1. The topological polar surface area (TPSA) is 85.8 Å². The van der Waals surface area contributed by atoms with Gasteiger partial charge in [0, 0.05) is 35.7 Å². The maximum atomic E-state index is 6.09. The minimum atomic E-state index is 0.280. The third kappa shape index (κ3) is 4.67. The highest BCUT2D eigenvalue weighted by Crippen LogP contribution is 2.29. The number of hydrogen-bond donors (Lipinski definition) is 1. The fraction of sp³-hybridized carbons (Fsp3) is 0.385. The standard InChI is InChI=1S/C26H29N5O2/c1-4-32-24-12-10-21-26(30-24)31-25(29-21)20-15-27-22(13-17(20)3)18-7-11-23(28-14-18)33-19-8-5-16(2)6-9-19/h7,10-16,19H,4-6,8-9H2,1-3H3,(H,29,30,31). The lowest BCUT2D eigenvalue weighted by Crippen LogP contribution is -2.23. The number of imidazole rings is 1. The molecule has 170 valence electrons. The van der Waals surface area contributed by atoms with E-state index in [-0.39, 0.29) is 6.10 Å². The van der Waals surface area contributed by atoms with E-state index in [1.54, 1.807) is 0 Å². The van der Waals surface area contributed by atoms with E-state index in [0.29, 0.717) is 24.0 Å². The molecule has 1 saturated carbocycles. The van der Waals surface area contributed by atoms with E-state index in [9.17, 15) is 0 Å². The SMILES string of the molecule is CCOc1ccc2[nH]c(-c3cnc(-c4ccc(OC5CCC(C)CC5)nc4)cc3C)nc2n1. The molecule has 0 bridgehead atoms. The predicted molar refractivity (Wildman–Crippen MR) is 128 cm³/mol. The first-order valence-corrected chi connectivity index (χ1v) is 11.7. The Balaban J connectivity index is 1.33. The molecular weight excluding hydrogens is 414 g/mol. The molecule has 33 heavy (non-hydrogen) atoms. The van der Waals surface area contributed by atoms with Crippen LogP contribution in [0.25, 0.3) is 33.8 Å². The molecule has 7 nitrogen and oxygen atoms in total. The summed E-state index contributed by atoms with van der Waals surface area (Å²) < 4.78 is 11.6. The van der Waals surface area contributed by atoms with Crippen LogP contribution in [0.3, 0.4) is 0 Å². The lowest BCUT2D eigenvalue weighted by atomic mass is 9.89. The maximum absolute atomic E-state index is 6.09. The third-order valence-electron chi connectivity index (χ3n) is 6.26. The zero-order valence-corrected chi connectivity index (χ0v) is 19.3. The van der Waals surface area contributed by atoms with Crippen LogP contribution in [0.4, 0.5) is 0 Å². The van der Waals surface area contributed by atoms with Gasteiger partial charge in [0.25, 0.3) is 0 Å². The van der Waals surface area contributed by atoms with Gasteiger partial charge in [-0.05, 0) is 69.2 Å². The number of ether oxygens (including phenoxy) is 2. The van der Waals surface area contributed by atoms with Crippen molar-refractivity contribution in [3.8, 4) is 34.4 Å². The van der Waals surface area contributed by atoms with Crippen molar-refractivity contribution in [3.05, 3.63) is 48.3 Å². The number of aromatic nitrogens is 5. The molecule has 0 amide bonds. The fourth-order valence-corrected chi connectivity index (χ4v) is 4.31. The summed E-state index contributed by atoms with van der Waals surface area (Å²) in [6.45, 7) is 6.88. The molecule has 5 rings (SSSR count). The van der Waals surface area contributed by atoms with E-state index in [2.05, 4.69) is 44.8 Å². The summed E-state index contributed by atoms with van der Waals surface area (Å²) in [4.78, 5) is 21.6. The lowest BCUT2D eigenvalue weighted by molar-refractivity contribution is 0.130. The molecule has 0 saturated heterocycles. The van der Waals surface area contributed by atoms with Crippen molar-refractivity contribution < 1.29 is 9.47 Å². The molecule has 0 spiro atoms. The van der Waals surface area contributed by atoms with E-state index in [1.165, 1.54) is 12.8 Å². The number of pyridine rings is 3. The Labute approximate surface area is 193 Å². The minimum absolute atomic E-state index is 0.280. The van der Waals surface area contributed by atoms with Crippen LogP contribution < -0.4 is 9.47 Å². The normalized spacial score (nSPS) is 18.4. The zero-order valence-electron chi connectivity index (χ0n) is 19.3. The number of fused-ring (bicyclic) bond motifs is 1. The van der Waals surface area contributed by atoms with Gasteiger partial charge in [-0.1, -0.05) is 6.92 Å². The van der Waals surface area contributed by atoms with Crippen molar-refractivity contribution in [1.82, 2.24) is 24.9 Å². The fourth-order valence-electron chi connectivity index (χ4n) is 4.31. The molecule has 1 aliphatic rings. The van der Waals surface area contributed by atoms with Gasteiger partial charge in [-0.2, -0.15) is 4.98 Å². The van der Waals surface area contributed by atoms with Crippen LogP contribution in [0.1, 0.15) is 45.1 Å². The number of aromatic amines is 1. The van der Waals surface area contributed by atoms with Gasteiger partial charge in [0.05, 0.1) is 17.8 Å². The largest absolute Gasteiger partial charge is 0.478 e. The first-order valence-electron chi connectivity index (χ1n) is 11.7. The Morgan fingerprint density at radius 3 is 2.52 bits per heavy atom. The van der Waals surface area contributed by atoms with Crippen LogP contribution in [0.2, 0.25) is 0 Å². The quantitative estimate of drug-likeness (QED) is 0.409. The Bertz CT molecular complexity index is 1240. The van der Waals surface area contributed by atoms with E-state index in [4.69, 9.17) is 9.47 Å². The van der Waals surface area contributed by atoms with Gasteiger partial charge in [0.2, 0.25) is 11.8 Å². The van der Waals surface area contributed by atoms with Crippen LogP contribution >= 0.6 is 0 Å². The zero-order chi connectivity index (χ0) is 22.8. The van der Waals surface area contributed by atoms with Crippen LogP contribution in [-0.2, 0) is 0 Å². The summed E-state index contributed by atoms with van der Waals surface area (Å²) in [5, 5.41) is 0. The van der Waals surface area contributed by atoms with Crippen LogP contribution in [-0.4, -0.2) is 37.6 Å². The van der Waals surface area contributed by atoms with Gasteiger partial charge in [0.15, 0.2) is 5.65 Å². The van der Waals surface area contributed by atoms with Gasteiger partial charge < -0.3 is 14.5 Å². The Morgan fingerprint density at radius 1 is 0.970 bits per heavy atom. The molecule has 0 radical (unpaired) electrons. The monoisotopic (exact) mass is 443 g/mol. The van der Waals surface area contributed by atoms with E-state index in [1.807, 2.05) is 43.6 Å². The van der Waals surface area contributed by atoms with E-state index in [0.717, 1.165) is 52.5 Å². The molecule has 0 unspecified atom stereocenters. The predicted octanol–water partition coefficient (Wildman–Crippen LogP) is 5.75. The number of nitrogens with zero attached hydrogens (tertiary/aromatic N) is 4. The van der Waals surface area contributed by atoms with Gasteiger partial charge in [0.1, 0.15) is 11.9 Å². The van der Waals surface area contributed by atoms with Crippen LogP contribution in [0.15, 0.2) is 42.7 Å². The molecule has 0 atom stereocenters. The van der Waals surface area contributed by atoms with Crippen molar-refractivity contribution in [2.24, 2.45) is 5.92 Å². The number of rotatable bonds is 6. The Hall–Kier alpha value is -3.48. The van der Waals surface area contributed by atoms with Crippen molar-refractivity contribution in [2.45, 2.75) is 52.6 Å². The molecule has 4 aromatic rings. The lowest BCUT2D eigenvalue weighted by Gasteiger charge is -2.26. The summed E-state index contributed by atoms with van der Waals surface area (Å²) in [7, 11) is 0. The third-order valence-corrected chi connectivity index (χ3v) is 6.26. The van der Waals surface area contributed by atoms with Gasteiger partial charge in [-0.25, -0.2) is 9.97 Å². The second-order valence-electron chi connectivity index (χ2n) is 8.81. The second kappa shape index (κ2) is 9.17. The molecule has 7 heteroatoms. The first kappa shape index (κ1) is 21.4. The molecule has 1 fully saturated rings. The molecule has 0 aromatic carbocycles. The Kier molecular flexibility index (Phi) is 5.94. The summed E-state index contributed by atoms with van der Waals surface area (Å²) in [5.74, 6) is 2.81. The van der Waals surface area contributed by atoms with Crippen molar-refractivity contribution in [2.75, 3.05) is 6.61 Å². The molecule has 1 aliphatic carbocycles. The summed E-state index contributed by atoms with van der Waals surface area (Å²) in [6.07, 6.45) is 8.64. The molecule has 0 aliphatic heterocycles. The van der Waals surface area contributed by atoms with Gasteiger partial charge in [-0.15, -0.1) is 0 Å². The van der Waals surface area contributed by atoms with Gasteiger partial charge >= 0.3 is 0 Å². The molecular formula is C26H29N5O2. The summed E-state index contributed by atoms with van der Waals surface area (Å²) in [5.41, 5.74) is 5.34. The molecule has 1 N–H and O–H groups in total. The number of hydrogen-bond acceptors (Lipinski definition) is 6. The van der Waals surface area contributed by atoms with Crippen molar-refractivity contribution in [3.63, 3.8) is 0 Å².